The highest BCUT2D eigenvalue weighted by Gasteiger charge is 2.32. The summed E-state index contributed by atoms with van der Waals surface area (Å²) in [5.41, 5.74) is 1.52. The summed E-state index contributed by atoms with van der Waals surface area (Å²) in [5.74, 6) is 0.236. The number of hydrogen-bond donors (Lipinski definition) is 2. The molecule has 24 heavy (non-hydrogen) atoms. The van der Waals surface area contributed by atoms with Crippen LogP contribution < -0.4 is 4.74 Å². The predicted octanol–water partition coefficient (Wildman–Crippen LogP) is 2.92. The summed E-state index contributed by atoms with van der Waals surface area (Å²) in [6.45, 7) is 3.18. The number of para-hydroxylation sites is 1. The first-order valence-corrected chi connectivity index (χ1v) is 9.31. The van der Waals surface area contributed by atoms with E-state index in [0.717, 1.165) is 18.4 Å². The van der Waals surface area contributed by atoms with Crippen LogP contribution in [0.1, 0.15) is 49.7 Å². The summed E-state index contributed by atoms with van der Waals surface area (Å²) < 4.78 is 25.6. The van der Waals surface area contributed by atoms with E-state index in [1.165, 1.54) is 7.11 Å². The van der Waals surface area contributed by atoms with E-state index >= 15 is 0 Å². The predicted molar refractivity (Wildman–Crippen MR) is 86.6 cm³/mol. The van der Waals surface area contributed by atoms with Crippen molar-refractivity contribution in [3.05, 3.63) is 29.3 Å². The Bertz CT molecular complexity index is 635. The zero-order chi connectivity index (χ0) is 17.9. The van der Waals surface area contributed by atoms with Gasteiger partial charge in [-0.2, -0.15) is 0 Å². The molecule has 8 heteroatoms. The molecule has 1 aliphatic rings. The first-order chi connectivity index (χ1) is 11.2. The Morgan fingerprint density at radius 1 is 1.29 bits per heavy atom. The molecular weight excluding hydrogens is 335 g/mol. The van der Waals surface area contributed by atoms with Gasteiger partial charge >= 0.3 is 13.8 Å². The Morgan fingerprint density at radius 2 is 1.92 bits per heavy atom. The Balaban J connectivity index is 2.32. The van der Waals surface area contributed by atoms with Crippen molar-refractivity contribution >= 4 is 13.8 Å². The number of carbonyl (C=O) groups excluding carboxylic acids is 1. The molecule has 1 saturated carbocycles. The normalized spacial score (nSPS) is 17.2. The fraction of sp³-hybridized carbons (Fsp3) is 0.562. The van der Waals surface area contributed by atoms with Gasteiger partial charge in [0.25, 0.3) is 0 Å². The topological polar surface area (TPSA) is 102 Å². The average Bonchev–Trinajstić information content (AvgIpc) is 3.36. The number of phosphoric ester groups is 1. The molecule has 1 aromatic rings. The number of carbonyl (C=O) groups is 1. The van der Waals surface area contributed by atoms with Crippen LogP contribution in [0.4, 0.5) is 0 Å². The van der Waals surface area contributed by atoms with E-state index in [1.807, 2.05) is 12.1 Å². The number of benzene rings is 1. The largest absolute Gasteiger partial charge is 0.472 e. The third kappa shape index (κ3) is 4.80. The second-order valence-corrected chi connectivity index (χ2v) is 7.26. The van der Waals surface area contributed by atoms with Gasteiger partial charge in [0.1, 0.15) is 5.75 Å². The van der Waals surface area contributed by atoms with Crippen LogP contribution in [0.2, 0.25) is 0 Å². The lowest BCUT2D eigenvalue weighted by atomic mass is 9.90. The van der Waals surface area contributed by atoms with E-state index < -0.39 is 26.5 Å². The first-order valence-electron chi connectivity index (χ1n) is 7.78. The summed E-state index contributed by atoms with van der Waals surface area (Å²) in [4.78, 5) is 29.5. The second-order valence-electron chi connectivity index (χ2n) is 6.02. The van der Waals surface area contributed by atoms with Crippen molar-refractivity contribution in [1.29, 1.82) is 0 Å². The number of esters is 1. The van der Waals surface area contributed by atoms with Crippen LogP contribution in [0.25, 0.3) is 0 Å². The van der Waals surface area contributed by atoms with Gasteiger partial charge in [0.2, 0.25) is 0 Å². The van der Waals surface area contributed by atoms with Gasteiger partial charge in [-0.05, 0) is 37.2 Å². The standard InChI is InChI=1S/C16H23O7P/c1-10(12-7-8-12)13-5-4-6-14(11(2)16(17)21-3)15(13)22-9-23-24(18,19)20/h4-6,10-12H,7-9H2,1-3H3,(H2,18,19,20). The lowest BCUT2D eigenvalue weighted by molar-refractivity contribution is -0.142. The summed E-state index contributed by atoms with van der Waals surface area (Å²) >= 11 is 0. The molecular formula is C16H23O7P. The second kappa shape index (κ2) is 7.66. The number of phosphoric acid groups is 1. The highest BCUT2D eigenvalue weighted by molar-refractivity contribution is 7.46. The van der Waals surface area contributed by atoms with Crippen molar-refractivity contribution in [1.82, 2.24) is 0 Å². The van der Waals surface area contributed by atoms with Crippen LogP contribution in [-0.2, 0) is 18.6 Å². The van der Waals surface area contributed by atoms with E-state index in [2.05, 4.69) is 11.4 Å². The Hall–Kier alpha value is -1.40. The molecule has 0 amide bonds. The van der Waals surface area contributed by atoms with E-state index in [4.69, 9.17) is 19.3 Å². The molecule has 2 atom stereocenters. The summed E-state index contributed by atoms with van der Waals surface area (Å²) in [6.07, 6.45) is 2.27. The zero-order valence-electron chi connectivity index (χ0n) is 14.0. The molecule has 0 aliphatic heterocycles. The monoisotopic (exact) mass is 358 g/mol. The van der Waals surface area contributed by atoms with Crippen molar-refractivity contribution in [3.63, 3.8) is 0 Å². The van der Waals surface area contributed by atoms with E-state index in [9.17, 15) is 9.36 Å². The van der Waals surface area contributed by atoms with E-state index in [1.54, 1.807) is 13.0 Å². The fourth-order valence-electron chi connectivity index (χ4n) is 2.75. The highest BCUT2D eigenvalue weighted by Crippen LogP contribution is 2.46. The van der Waals surface area contributed by atoms with Gasteiger partial charge in [0, 0.05) is 5.56 Å². The third-order valence-electron chi connectivity index (χ3n) is 4.34. The van der Waals surface area contributed by atoms with Crippen LogP contribution in [0.5, 0.6) is 5.75 Å². The molecule has 0 spiro atoms. The molecule has 0 radical (unpaired) electrons. The maximum atomic E-state index is 11.9. The van der Waals surface area contributed by atoms with Gasteiger partial charge in [0.15, 0.2) is 6.79 Å². The lowest BCUT2D eigenvalue weighted by Crippen LogP contribution is -2.15. The van der Waals surface area contributed by atoms with Crippen LogP contribution in [0, 0.1) is 5.92 Å². The van der Waals surface area contributed by atoms with E-state index in [0.29, 0.717) is 17.2 Å². The summed E-state index contributed by atoms with van der Waals surface area (Å²) in [5, 5.41) is 0. The van der Waals surface area contributed by atoms with E-state index in [-0.39, 0.29) is 5.92 Å². The van der Waals surface area contributed by atoms with Crippen molar-refractivity contribution in [3.8, 4) is 5.75 Å². The van der Waals surface area contributed by atoms with Gasteiger partial charge in [-0.3, -0.25) is 4.79 Å². The maximum Gasteiger partial charge on any atom is 0.472 e. The van der Waals surface area contributed by atoms with Crippen LogP contribution in [0.15, 0.2) is 18.2 Å². The molecule has 0 bridgehead atoms. The van der Waals surface area contributed by atoms with Crippen LogP contribution in [0.3, 0.4) is 0 Å². The smallest absolute Gasteiger partial charge is 0.469 e. The Labute approximate surface area is 141 Å². The molecule has 1 fully saturated rings. The minimum absolute atomic E-state index is 0.222. The Kier molecular flexibility index (Phi) is 6.04. The highest BCUT2D eigenvalue weighted by atomic mass is 31.2. The van der Waals surface area contributed by atoms with Crippen molar-refractivity contribution in [2.24, 2.45) is 5.92 Å². The molecule has 1 aliphatic carbocycles. The Morgan fingerprint density at radius 3 is 2.46 bits per heavy atom. The van der Waals surface area contributed by atoms with Gasteiger partial charge in [0.05, 0.1) is 13.0 Å². The molecule has 7 nitrogen and oxygen atoms in total. The molecule has 2 rings (SSSR count). The average molecular weight is 358 g/mol. The van der Waals surface area contributed by atoms with Gasteiger partial charge in [-0.25, -0.2) is 9.09 Å². The number of rotatable bonds is 8. The van der Waals surface area contributed by atoms with Crippen LogP contribution >= 0.6 is 7.82 Å². The minimum Gasteiger partial charge on any atom is -0.469 e. The van der Waals surface area contributed by atoms with Crippen molar-refractivity contribution in [2.45, 2.75) is 38.5 Å². The van der Waals surface area contributed by atoms with Gasteiger partial charge < -0.3 is 19.3 Å². The minimum atomic E-state index is -4.63. The number of hydrogen-bond acceptors (Lipinski definition) is 5. The van der Waals surface area contributed by atoms with Crippen molar-refractivity contribution < 1.29 is 33.1 Å². The number of methoxy groups -OCH3 is 1. The fourth-order valence-corrected chi connectivity index (χ4v) is 2.94. The molecule has 0 saturated heterocycles. The molecule has 134 valence electrons. The number of ether oxygens (including phenoxy) is 2. The molecule has 2 N–H and O–H groups in total. The molecule has 0 heterocycles. The van der Waals surface area contributed by atoms with Gasteiger partial charge in [-0.1, -0.05) is 25.1 Å². The zero-order valence-corrected chi connectivity index (χ0v) is 14.9. The lowest BCUT2D eigenvalue weighted by Gasteiger charge is -2.22. The quantitative estimate of drug-likeness (QED) is 0.418. The van der Waals surface area contributed by atoms with Gasteiger partial charge in [-0.15, -0.1) is 0 Å². The summed E-state index contributed by atoms with van der Waals surface area (Å²) in [7, 11) is -3.32. The molecule has 2 unspecified atom stereocenters. The van der Waals surface area contributed by atoms with Crippen LogP contribution in [-0.4, -0.2) is 29.7 Å². The molecule has 0 aromatic heterocycles. The SMILES string of the molecule is COC(=O)C(C)c1cccc(C(C)C2CC2)c1OCOP(=O)(O)O. The summed E-state index contributed by atoms with van der Waals surface area (Å²) in [6, 6.07) is 5.50. The van der Waals surface area contributed by atoms with Crippen molar-refractivity contribution in [2.75, 3.05) is 13.9 Å². The maximum absolute atomic E-state index is 11.9. The third-order valence-corrected chi connectivity index (χ3v) is 4.78. The first kappa shape index (κ1) is 18.9. The molecule has 1 aromatic carbocycles.